The predicted octanol–water partition coefficient (Wildman–Crippen LogP) is 2.97. The zero-order chi connectivity index (χ0) is 17.1. The molecule has 0 spiro atoms. The van der Waals surface area contributed by atoms with Gasteiger partial charge < -0.3 is 10.0 Å². The average Bonchev–Trinajstić information content (AvgIpc) is 3.07. The number of amides is 1. The molecule has 0 aliphatic carbocycles. The van der Waals surface area contributed by atoms with E-state index in [2.05, 4.69) is 10.2 Å². The van der Waals surface area contributed by atoms with Crippen LogP contribution in [-0.2, 0) is 4.79 Å². The number of carboxylic acids is 1. The predicted molar refractivity (Wildman–Crippen MR) is 89.3 cm³/mol. The van der Waals surface area contributed by atoms with Gasteiger partial charge >= 0.3 is 5.97 Å². The van der Waals surface area contributed by atoms with Gasteiger partial charge in [0.1, 0.15) is 11.1 Å². The number of carbonyl (C=O) groups is 2. The normalized spacial score (nSPS) is 17.0. The minimum absolute atomic E-state index is 0.145. The topological polar surface area (TPSA) is 83.4 Å². The second kappa shape index (κ2) is 7.19. The molecule has 1 aliphatic rings. The first-order valence-electron chi connectivity index (χ1n) is 7.36. The summed E-state index contributed by atoms with van der Waals surface area (Å²) < 4.78 is 0. The van der Waals surface area contributed by atoms with Gasteiger partial charge in [-0.2, -0.15) is 0 Å². The molecule has 1 fully saturated rings. The van der Waals surface area contributed by atoms with Crippen LogP contribution in [0.1, 0.15) is 23.3 Å². The van der Waals surface area contributed by atoms with Crippen LogP contribution >= 0.6 is 23.4 Å². The van der Waals surface area contributed by atoms with Crippen LogP contribution in [0.4, 0.5) is 0 Å². The molecule has 2 heterocycles. The first kappa shape index (κ1) is 16.7. The third-order valence-corrected chi connectivity index (χ3v) is 5.15. The van der Waals surface area contributed by atoms with Crippen molar-refractivity contribution in [3.8, 4) is 0 Å². The Morgan fingerprint density at radius 2 is 2.00 bits per heavy atom. The van der Waals surface area contributed by atoms with E-state index in [0.29, 0.717) is 29.4 Å². The highest BCUT2D eigenvalue weighted by atomic mass is 35.5. The summed E-state index contributed by atoms with van der Waals surface area (Å²) in [4.78, 5) is 25.8. The van der Waals surface area contributed by atoms with Crippen molar-refractivity contribution < 1.29 is 14.7 Å². The number of hydrogen-bond donors (Lipinski definition) is 1. The maximum absolute atomic E-state index is 12.4. The zero-order valence-electron chi connectivity index (χ0n) is 12.6. The lowest BCUT2D eigenvalue weighted by Crippen LogP contribution is -2.40. The molecule has 1 N–H and O–H groups in total. The molecule has 1 saturated heterocycles. The lowest BCUT2D eigenvalue weighted by atomic mass is 10.2. The average molecular weight is 364 g/mol. The lowest BCUT2D eigenvalue weighted by molar-refractivity contribution is -0.141. The minimum Gasteiger partial charge on any atom is -0.480 e. The Labute approximate surface area is 147 Å². The highest BCUT2D eigenvalue weighted by molar-refractivity contribution is 7.99. The summed E-state index contributed by atoms with van der Waals surface area (Å²) in [6, 6.07) is 9.83. The molecule has 3 rings (SSSR count). The monoisotopic (exact) mass is 363 g/mol. The molecule has 1 aromatic heterocycles. The summed E-state index contributed by atoms with van der Waals surface area (Å²) in [5.41, 5.74) is 0.145. The van der Waals surface area contributed by atoms with Crippen molar-refractivity contribution in [3.63, 3.8) is 0 Å². The van der Waals surface area contributed by atoms with Gasteiger partial charge in [0.05, 0.1) is 5.02 Å². The Bertz CT molecular complexity index is 769. The first-order valence-corrected chi connectivity index (χ1v) is 8.55. The van der Waals surface area contributed by atoms with Crippen LogP contribution in [0.25, 0.3) is 0 Å². The molecule has 1 aromatic carbocycles. The highest BCUT2D eigenvalue weighted by Gasteiger charge is 2.35. The number of carbonyl (C=O) groups excluding carboxylic acids is 1. The Morgan fingerprint density at radius 1 is 1.21 bits per heavy atom. The molecule has 8 heteroatoms. The maximum Gasteiger partial charge on any atom is 0.326 e. The molecule has 1 atom stereocenters. The number of hydrogen-bond acceptors (Lipinski definition) is 5. The zero-order valence-corrected chi connectivity index (χ0v) is 14.1. The number of rotatable bonds is 4. The van der Waals surface area contributed by atoms with Crippen molar-refractivity contribution in [1.29, 1.82) is 0 Å². The Kier molecular flexibility index (Phi) is 5.01. The molecule has 0 saturated carbocycles. The van der Waals surface area contributed by atoms with Gasteiger partial charge in [0.25, 0.3) is 5.91 Å². The summed E-state index contributed by atoms with van der Waals surface area (Å²) in [6.07, 6.45) is 1.14. The maximum atomic E-state index is 12.4. The van der Waals surface area contributed by atoms with Gasteiger partial charge in [-0.1, -0.05) is 35.5 Å². The molecule has 1 amide bonds. The van der Waals surface area contributed by atoms with E-state index < -0.39 is 17.9 Å². The van der Waals surface area contributed by atoms with Crippen LogP contribution in [0.3, 0.4) is 0 Å². The fraction of sp³-hybridized carbons (Fsp3) is 0.250. The summed E-state index contributed by atoms with van der Waals surface area (Å²) in [5, 5.41) is 18.4. The summed E-state index contributed by atoms with van der Waals surface area (Å²) in [5.74, 6) is -1.39. The van der Waals surface area contributed by atoms with Crippen molar-refractivity contribution in [3.05, 3.63) is 47.1 Å². The Balaban J connectivity index is 1.73. The summed E-state index contributed by atoms with van der Waals surface area (Å²) in [7, 11) is 0. The quantitative estimate of drug-likeness (QED) is 0.899. The van der Waals surface area contributed by atoms with Crippen molar-refractivity contribution >= 4 is 35.2 Å². The second-order valence-electron chi connectivity index (χ2n) is 5.28. The second-order valence-corrected chi connectivity index (χ2v) is 6.75. The van der Waals surface area contributed by atoms with Gasteiger partial charge in [0.2, 0.25) is 0 Å². The van der Waals surface area contributed by atoms with Crippen molar-refractivity contribution in [2.24, 2.45) is 0 Å². The Hall–Kier alpha value is -2.12. The third-order valence-electron chi connectivity index (χ3n) is 3.71. The molecule has 6 nitrogen and oxygen atoms in total. The summed E-state index contributed by atoms with van der Waals surface area (Å²) >= 11 is 7.45. The van der Waals surface area contributed by atoms with Crippen LogP contribution in [0.2, 0.25) is 5.02 Å². The van der Waals surface area contributed by atoms with Crippen LogP contribution in [0.15, 0.2) is 46.3 Å². The van der Waals surface area contributed by atoms with Crippen molar-refractivity contribution in [1.82, 2.24) is 15.1 Å². The molecule has 1 unspecified atom stereocenters. The smallest absolute Gasteiger partial charge is 0.326 e. The molecular formula is C16H14ClN3O3S. The standard InChI is InChI=1S/C16H14ClN3O3S/c17-10-4-1-2-6-13(10)24-14-8-7-11(18-19-14)15(21)20-9-3-5-12(20)16(22)23/h1-2,4,6-8,12H,3,5,9H2,(H,22,23). The van der Waals surface area contributed by atoms with E-state index in [1.54, 1.807) is 18.2 Å². The molecule has 2 aromatic rings. The van der Waals surface area contributed by atoms with E-state index in [1.165, 1.54) is 16.7 Å². The lowest BCUT2D eigenvalue weighted by Gasteiger charge is -2.20. The van der Waals surface area contributed by atoms with Crippen molar-refractivity contribution in [2.75, 3.05) is 6.54 Å². The van der Waals surface area contributed by atoms with Crippen LogP contribution < -0.4 is 0 Å². The van der Waals surface area contributed by atoms with E-state index in [-0.39, 0.29) is 5.69 Å². The first-order chi connectivity index (χ1) is 11.6. The van der Waals surface area contributed by atoms with Gasteiger partial charge in [0.15, 0.2) is 5.69 Å². The fourth-order valence-electron chi connectivity index (χ4n) is 2.54. The molecule has 24 heavy (non-hydrogen) atoms. The fourth-order valence-corrected chi connectivity index (χ4v) is 3.55. The number of aliphatic carboxylic acids is 1. The van der Waals surface area contributed by atoms with E-state index in [9.17, 15) is 9.59 Å². The molecule has 124 valence electrons. The molecule has 0 bridgehead atoms. The highest BCUT2D eigenvalue weighted by Crippen LogP contribution is 2.31. The van der Waals surface area contributed by atoms with Gasteiger partial charge in [0, 0.05) is 11.4 Å². The number of likely N-dealkylation sites (tertiary alicyclic amines) is 1. The van der Waals surface area contributed by atoms with E-state index in [1.807, 2.05) is 18.2 Å². The number of aromatic nitrogens is 2. The van der Waals surface area contributed by atoms with Crippen LogP contribution in [-0.4, -0.2) is 44.7 Å². The van der Waals surface area contributed by atoms with Crippen LogP contribution in [0.5, 0.6) is 0 Å². The van der Waals surface area contributed by atoms with E-state index in [0.717, 1.165) is 4.90 Å². The third kappa shape index (κ3) is 3.52. The number of nitrogens with zero attached hydrogens (tertiary/aromatic N) is 3. The molecule has 1 aliphatic heterocycles. The summed E-state index contributed by atoms with van der Waals surface area (Å²) in [6.45, 7) is 0.424. The van der Waals surface area contributed by atoms with E-state index in [4.69, 9.17) is 16.7 Å². The van der Waals surface area contributed by atoms with Gasteiger partial charge in [-0.15, -0.1) is 10.2 Å². The molecule has 0 radical (unpaired) electrons. The van der Waals surface area contributed by atoms with Gasteiger partial charge in [-0.3, -0.25) is 4.79 Å². The van der Waals surface area contributed by atoms with E-state index >= 15 is 0 Å². The number of benzene rings is 1. The number of halogens is 1. The minimum atomic E-state index is -0.986. The largest absolute Gasteiger partial charge is 0.480 e. The van der Waals surface area contributed by atoms with Crippen molar-refractivity contribution in [2.45, 2.75) is 28.8 Å². The molecular weight excluding hydrogens is 350 g/mol. The Morgan fingerprint density at radius 3 is 2.67 bits per heavy atom. The van der Waals surface area contributed by atoms with Crippen LogP contribution in [0, 0.1) is 0 Å². The van der Waals surface area contributed by atoms with Gasteiger partial charge in [-0.25, -0.2) is 4.79 Å². The van der Waals surface area contributed by atoms with Gasteiger partial charge in [-0.05, 0) is 37.1 Å². The number of carboxylic acid groups (broad SMARTS) is 1. The SMILES string of the molecule is O=C(O)C1CCCN1C(=O)c1ccc(Sc2ccccc2Cl)nn1.